The maximum Gasteiger partial charge on any atom is 0.220 e. The second kappa shape index (κ2) is 56.1. The summed E-state index contributed by atoms with van der Waals surface area (Å²) in [6, 6.07) is -0.974. The lowest BCUT2D eigenvalue weighted by Gasteiger charge is -2.48. The molecule has 3 heterocycles. The lowest BCUT2D eigenvalue weighted by atomic mass is 9.96. The van der Waals surface area contributed by atoms with E-state index in [4.69, 9.17) is 28.4 Å². The predicted molar refractivity (Wildman–Crippen MR) is 365 cm³/mol. The summed E-state index contributed by atoms with van der Waals surface area (Å²) in [6.45, 7) is 1.78. The highest BCUT2D eigenvalue weighted by molar-refractivity contribution is 5.76. The molecule has 3 aliphatic rings. The number of carbonyl (C=O) groups excluding carboxylic acids is 1. The fraction of sp³-hybridized carbons (Fsp3) is 0.932. The van der Waals surface area contributed by atoms with E-state index < -0.39 is 124 Å². The minimum atomic E-state index is -1.98. The fourth-order valence-electron chi connectivity index (χ4n) is 13.1. The van der Waals surface area contributed by atoms with Crippen LogP contribution in [-0.2, 0) is 33.2 Å². The largest absolute Gasteiger partial charge is 0.394 e. The summed E-state index contributed by atoms with van der Waals surface area (Å²) in [5.41, 5.74) is 0. The topological polar surface area (TPSA) is 307 Å². The molecule has 548 valence electrons. The lowest BCUT2D eigenvalue weighted by Crippen LogP contribution is -2.66. The molecule has 0 bridgehead atoms. The van der Waals surface area contributed by atoms with E-state index in [-0.39, 0.29) is 18.9 Å². The first-order valence-electron chi connectivity index (χ1n) is 38.1. The summed E-state index contributed by atoms with van der Waals surface area (Å²) in [4.78, 5) is 13.4. The molecular weight excluding hydrogens is 1190 g/mol. The first kappa shape index (κ1) is 85.5. The third-order valence-corrected chi connectivity index (χ3v) is 19.2. The molecule has 0 radical (unpaired) electrons. The van der Waals surface area contributed by atoms with Crippen LogP contribution in [0.4, 0.5) is 0 Å². The van der Waals surface area contributed by atoms with Gasteiger partial charge in [-0.15, -0.1) is 0 Å². The number of allylic oxidation sites excluding steroid dienone is 3. The quantitative estimate of drug-likeness (QED) is 0.0199. The van der Waals surface area contributed by atoms with Gasteiger partial charge in [-0.25, -0.2) is 0 Å². The van der Waals surface area contributed by atoms with Gasteiger partial charge in [-0.2, -0.15) is 0 Å². The van der Waals surface area contributed by atoms with Crippen LogP contribution in [0.3, 0.4) is 0 Å². The molecule has 0 saturated carbocycles. The highest BCUT2D eigenvalue weighted by atomic mass is 16.8. The number of nitrogens with one attached hydrogen (secondary N) is 1. The summed E-state index contributed by atoms with van der Waals surface area (Å²) < 4.78 is 34.4. The zero-order chi connectivity index (χ0) is 67.5. The summed E-state index contributed by atoms with van der Waals surface area (Å²) in [6.07, 6.45) is 38.7. The van der Waals surface area contributed by atoms with E-state index in [1.165, 1.54) is 231 Å². The number of amides is 1. The summed E-state index contributed by atoms with van der Waals surface area (Å²) >= 11 is 0. The van der Waals surface area contributed by atoms with Crippen molar-refractivity contribution < 1.29 is 89.4 Å². The van der Waals surface area contributed by atoms with Gasteiger partial charge in [-0.05, 0) is 44.9 Å². The van der Waals surface area contributed by atoms with Gasteiger partial charge >= 0.3 is 0 Å². The smallest absolute Gasteiger partial charge is 0.220 e. The first-order valence-corrected chi connectivity index (χ1v) is 38.1. The Balaban J connectivity index is 1.41. The van der Waals surface area contributed by atoms with Gasteiger partial charge in [0.25, 0.3) is 0 Å². The Kier molecular flexibility index (Phi) is 51.5. The van der Waals surface area contributed by atoms with Gasteiger partial charge in [-0.3, -0.25) is 4.79 Å². The number of ether oxygens (including phenoxy) is 6. The minimum absolute atomic E-state index is 0.244. The van der Waals surface area contributed by atoms with Crippen molar-refractivity contribution in [3.8, 4) is 0 Å². The molecular formula is C74H139NO18. The third-order valence-electron chi connectivity index (χ3n) is 19.2. The van der Waals surface area contributed by atoms with Crippen LogP contribution in [0.5, 0.6) is 0 Å². The van der Waals surface area contributed by atoms with Gasteiger partial charge in [0.15, 0.2) is 18.9 Å². The van der Waals surface area contributed by atoms with E-state index in [2.05, 4.69) is 31.3 Å². The number of carbonyl (C=O) groups is 1. The van der Waals surface area contributed by atoms with Crippen LogP contribution >= 0.6 is 0 Å². The average Bonchev–Trinajstić information content (AvgIpc) is 1.48. The SMILES string of the molecule is CCCCCCCCCC/C=C\CCCCCCCCCCCC(=O)NC(COC1OC(CO)C(OC2OC(CO)C(OC3OC(CO)C(O)C(O)C3O)C(O)C2O)C(O)C1O)C(O)/C=C/CCCCCCCCCCCCCCCCCCCCCCCCCCC. The number of hydrogen-bond acceptors (Lipinski definition) is 18. The van der Waals surface area contributed by atoms with Crippen LogP contribution in [0, 0.1) is 0 Å². The molecule has 1 amide bonds. The predicted octanol–water partition coefficient (Wildman–Crippen LogP) is 11.4. The van der Waals surface area contributed by atoms with E-state index in [1.54, 1.807) is 6.08 Å². The van der Waals surface area contributed by atoms with Gasteiger partial charge in [0, 0.05) is 6.42 Å². The van der Waals surface area contributed by atoms with Crippen molar-refractivity contribution in [2.24, 2.45) is 0 Å². The maximum atomic E-state index is 13.4. The molecule has 3 rings (SSSR count). The normalized spacial score (nSPS) is 27.6. The lowest BCUT2D eigenvalue weighted by molar-refractivity contribution is -0.379. The van der Waals surface area contributed by atoms with E-state index in [0.717, 1.165) is 51.4 Å². The van der Waals surface area contributed by atoms with Crippen molar-refractivity contribution in [3.63, 3.8) is 0 Å². The van der Waals surface area contributed by atoms with Crippen LogP contribution in [0.15, 0.2) is 24.3 Å². The summed E-state index contributed by atoms with van der Waals surface area (Å²) in [5, 5.41) is 121. The van der Waals surface area contributed by atoms with E-state index in [0.29, 0.717) is 6.42 Å². The third kappa shape index (κ3) is 37.3. The fourth-order valence-corrected chi connectivity index (χ4v) is 13.1. The van der Waals surface area contributed by atoms with Crippen molar-refractivity contribution in [2.75, 3.05) is 26.4 Å². The zero-order valence-corrected chi connectivity index (χ0v) is 58.3. The molecule has 0 aromatic rings. The number of unbranched alkanes of at least 4 members (excludes halogenated alkanes) is 42. The van der Waals surface area contributed by atoms with Gasteiger partial charge in [0.2, 0.25) is 5.91 Å². The second-order valence-corrected chi connectivity index (χ2v) is 27.5. The van der Waals surface area contributed by atoms with Crippen molar-refractivity contribution >= 4 is 5.91 Å². The van der Waals surface area contributed by atoms with Crippen molar-refractivity contribution in [2.45, 2.75) is 413 Å². The van der Waals surface area contributed by atoms with Crippen LogP contribution in [0.1, 0.15) is 309 Å². The van der Waals surface area contributed by atoms with Crippen LogP contribution < -0.4 is 5.32 Å². The summed E-state index contributed by atoms with van der Waals surface area (Å²) in [7, 11) is 0. The molecule has 93 heavy (non-hydrogen) atoms. The first-order chi connectivity index (χ1) is 45.3. The Bertz CT molecular complexity index is 1780. The highest BCUT2D eigenvalue weighted by Crippen LogP contribution is 2.33. The Hall–Kier alpha value is -1.73. The van der Waals surface area contributed by atoms with Crippen LogP contribution in [0.25, 0.3) is 0 Å². The molecule has 19 heteroatoms. The monoisotopic (exact) mass is 1330 g/mol. The highest BCUT2D eigenvalue weighted by Gasteiger charge is 2.53. The van der Waals surface area contributed by atoms with Gasteiger partial charge in [0.05, 0.1) is 38.6 Å². The Labute approximate surface area is 562 Å². The Morgan fingerprint density at radius 1 is 0.376 bits per heavy atom. The van der Waals surface area contributed by atoms with Crippen molar-refractivity contribution in [3.05, 3.63) is 24.3 Å². The molecule has 19 nitrogen and oxygen atoms in total. The molecule has 12 N–H and O–H groups in total. The molecule has 0 spiro atoms. The summed E-state index contributed by atoms with van der Waals surface area (Å²) in [5.74, 6) is -0.273. The van der Waals surface area contributed by atoms with Crippen molar-refractivity contribution in [1.82, 2.24) is 5.32 Å². The molecule has 3 aliphatic heterocycles. The molecule has 0 aliphatic carbocycles. The van der Waals surface area contributed by atoms with Crippen molar-refractivity contribution in [1.29, 1.82) is 0 Å². The standard InChI is InChI=1S/C74H139NO18/c1-3-5-7-9-11-13-15-17-19-21-23-25-26-27-28-29-30-32-33-35-37-39-41-43-45-47-49-51-58(79)57(75-62(80)52-50-48-46-44-42-40-38-36-34-31-24-22-20-18-16-14-12-10-8-6-4-2)56-88-72-68(86)65(83)70(60(54-77)90-72)93-74-69(87)66(84)71(61(55-78)91-74)92-73-67(85)64(82)63(81)59(53-76)89-73/h22,24,49,51,57-61,63-74,76-79,81-87H,3-21,23,25-48,50,52-56H2,1-2H3,(H,75,80)/b24-22-,51-49+. The van der Waals surface area contributed by atoms with E-state index in [1.807, 2.05) is 6.08 Å². The Morgan fingerprint density at radius 3 is 1.04 bits per heavy atom. The van der Waals surface area contributed by atoms with E-state index >= 15 is 0 Å². The molecule has 0 aromatic carbocycles. The van der Waals surface area contributed by atoms with Crippen LogP contribution in [-0.4, -0.2) is 193 Å². The number of hydrogen-bond donors (Lipinski definition) is 12. The van der Waals surface area contributed by atoms with Crippen LogP contribution in [0.2, 0.25) is 0 Å². The molecule has 17 unspecified atom stereocenters. The Morgan fingerprint density at radius 2 is 0.677 bits per heavy atom. The maximum absolute atomic E-state index is 13.4. The van der Waals surface area contributed by atoms with Gasteiger partial charge in [-0.1, -0.05) is 282 Å². The van der Waals surface area contributed by atoms with E-state index in [9.17, 15) is 61.0 Å². The molecule has 3 fully saturated rings. The van der Waals surface area contributed by atoms with Gasteiger partial charge < -0.3 is 89.9 Å². The number of aliphatic hydroxyl groups is 11. The molecule has 3 saturated heterocycles. The average molecular weight is 1330 g/mol. The number of rotatable bonds is 60. The van der Waals surface area contributed by atoms with Gasteiger partial charge in [0.1, 0.15) is 73.2 Å². The molecule has 17 atom stereocenters. The number of aliphatic hydroxyl groups excluding tert-OH is 11. The second-order valence-electron chi connectivity index (χ2n) is 27.5. The molecule has 0 aromatic heterocycles. The zero-order valence-electron chi connectivity index (χ0n) is 58.3. The minimum Gasteiger partial charge on any atom is -0.394 e.